The fraction of sp³-hybridized carbons (Fsp3) is 0.500. The third kappa shape index (κ3) is 2.24. The Bertz CT molecular complexity index is 993. The van der Waals surface area contributed by atoms with Gasteiger partial charge in [-0.25, -0.2) is 9.89 Å². The normalized spacial score (nSPS) is 23.2. The SMILES string of the molecule is CCn1c(C2C(C3CC3)CCN2C(=O)c2cc3occc3[nH]2)n[nH]c1=O. The molecule has 0 bridgehead atoms. The second kappa shape index (κ2) is 5.62. The molecule has 26 heavy (non-hydrogen) atoms. The molecule has 1 saturated carbocycles. The zero-order valence-corrected chi connectivity index (χ0v) is 14.6. The third-order valence-electron chi connectivity index (χ3n) is 5.77. The van der Waals surface area contributed by atoms with Crippen LogP contribution in [0.1, 0.15) is 48.5 Å². The number of amides is 1. The first-order chi connectivity index (χ1) is 12.7. The molecule has 1 aliphatic carbocycles. The van der Waals surface area contributed by atoms with Crippen LogP contribution in [0.25, 0.3) is 11.1 Å². The van der Waals surface area contributed by atoms with Gasteiger partial charge in [0.1, 0.15) is 5.69 Å². The van der Waals surface area contributed by atoms with Crippen molar-refractivity contribution >= 4 is 17.0 Å². The first-order valence-corrected chi connectivity index (χ1v) is 9.19. The highest BCUT2D eigenvalue weighted by atomic mass is 16.3. The summed E-state index contributed by atoms with van der Waals surface area (Å²) in [4.78, 5) is 30.3. The first kappa shape index (κ1) is 15.5. The molecule has 4 heterocycles. The van der Waals surface area contributed by atoms with Crippen LogP contribution in [-0.2, 0) is 6.54 Å². The van der Waals surface area contributed by atoms with Crippen molar-refractivity contribution in [3.05, 3.63) is 40.4 Å². The molecule has 136 valence electrons. The molecular formula is C18H21N5O3. The summed E-state index contributed by atoms with van der Waals surface area (Å²) in [7, 11) is 0. The minimum Gasteiger partial charge on any atom is -0.463 e. The monoisotopic (exact) mass is 355 g/mol. The van der Waals surface area contributed by atoms with Crippen molar-refractivity contribution in [2.75, 3.05) is 6.54 Å². The van der Waals surface area contributed by atoms with E-state index in [2.05, 4.69) is 15.2 Å². The second-order valence-electron chi connectivity index (χ2n) is 7.25. The molecule has 8 heteroatoms. The van der Waals surface area contributed by atoms with Crippen molar-refractivity contribution in [1.29, 1.82) is 0 Å². The number of likely N-dealkylation sites (tertiary alicyclic amines) is 1. The summed E-state index contributed by atoms with van der Waals surface area (Å²) in [6.07, 6.45) is 4.93. The van der Waals surface area contributed by atoms with Gasteiger partial charge in [0.2, 0.25) is 0 Å². The van der Waals surface area contributed by atoms with E-state index in [1.165, 1.54) is 12.8 Å². The van der Waals surface area contributed by atoms with Gasteiger partial charge >= 0.3 is 5.69 Å². The van der Waals surface area contributed by atoms with Gasteiger partial charge in [0.05, 0.1) is 17.8 Å². The number of fused-ring (bicyclic) bond motifs is 1. The van der Waals surface area contributed by atoms with Crippen molar-refractivity contribution in [3.8, 4) is 0 Å². The van der Waals surface area contributed by atoms with Crippen molar-refractivity contribution < 1.29 is 9.21 Å². The molecule has 1 aliphatic heterocycles. The molecule has 2 atom stereocenters. The van der Waals surface area contributed by atoms with Crippen LogP contribution >= 0.6 is 0 Å². The average molecular weight is 355 g/mol. The third-order valence-corrected chi connectivity index (χ3v) is 5.77. The highest BCUT2D eigenvalue weighted by Crippen LogP contribution is 2.50. The number of rotatable bonds is 4. The summed E-state index contributed by atoms with van der Waals surface area (Å²) in [6.45, 7) is 3.14. The molecule has 0 spiro atoms. The molecule has 1 amide bonds. The summed E-state index contributed by atoms with van der Waals surface area (Å²) in [5.74, 6) is 1.59. The quantitative estimate of drug-likeness (QED) is 0.750. The van der Waals surface area contributed by atoms with Gasteiger partial charge in [-0.3, -0.25) is 9.36 Å². The number of nitrogens with one attached hydrogen (secondary N) is 2. The maximum atomic E-state index is 13.2. The molecule has 0 aromatic carbocycles. The lowest BCUT2D eigenvalue weighted by Crippen LogP contribution is -2.35. The topological polar surface area (TPSA) is 99.9 Å². The Hall–Kier alpha value is -2.77. The molecular weight excluding hydrogens is 334 g/mol. The van der Waals surface area contributed by atoms with E-state index in [9.17, 15) is 9.59 Å². The van der Waals surface area contributed by atoms with E-state index in [0.29, 0.717) is 42.0 Å². The van der Waals surface area contributed by atoms with E-state index in [-0.39, 0.29) is 17.6 Å². The first-order valence-electron chi connectivity index (χ1n) is 9.19. The average Bonchev–Trinajstić information content (AvgIpc) is 3.00. The van der Waals surface area contributed by atoms with E-state index < -0.39 is 0 Å². The Morgan fingerprint density at radius 2 is 2.23 bits per heavy atom. The maximum Gasteiger partial charge on any atom is 0.343 e. The van der Waals surface area contributed by atoms with Gasteiger partial charge in [0, 0.05) is 25.2 Å². The van der Waals surface area contributed by atoms with Crippen LogP contribution in [0.3, 0.4) is 0 Å². The largest absolute Gasteiger partial charge is 0.463 e. The fourth-order valence-electron chi connectivity index (χ4n) is 4.37. The minimum absolute atomic E-state index is 0.0670. The van der Waals surface area contributed by atoms with E-state index >= 15 is 0 Å². The number of aromatic amines is 2. The van der Waals surface area contributed by atoms with Gasteiger partial charge in [-0.2, -0.15) is 5.10 Å². The summed E-state index contributed by atoms with van der Waals surface area (Å²) >= 11 is 0. The number of hydrogen-bond acceptors (Lipinski definition) is 4. The molecule has 3 aromatic heterocycles. The molecule has 1 saturated heterocycles. The lowest BCUT2D eigenvalue weighted by Gasteiger charge is -2.27. The molecule has 2 unspecified atom stereocenters. The van der Waals surface area contributed by atoms with E-state index in [1.807, 2.05) is 17.9 Å². The Kier molecular flexibility index (Phi) is 3.35. The van der Waals surface area contributed by atoms with Crippen LogP contribution in [0, 0.1) is 11.8 Å². The van der Waals surface area contributed by atoms with E-state index in [1.54, 1.807) is 16.9 Å². The van der Waals surface area contributed by atoms with Gasteiger partial charge in [0.15, 0.2) is 11.4 Å². The maximum absolute atomic E-state index is 13.2. The molecule has 5 rings (SSSR count). The number of nitrogens with zero attached hydrogens (tertiary/aromatic N) is 3. The summed E-state index contributed by atoms with van der Waals surface area (Å²) in [6, 6.07) is 3.39. The number of aromatic nitrogens is 4. The Morgan fingerprint density at radius 3 is 2.96 bits per heavy atom. The molecule has 8 nitrogen and oxygen atoms in total. The number of hydrogen-bond donors (Lipinski definition) is 2. The summed E-state index contributed by atoms with van der Waals surface area (Å²) < 4.78 is 7.01. The highest BCUT2D eigenvalue weighted by molar-refractivity contribution is 5.97. The van der Waals surface area contributed by atoms with Gasteiger partial charge in [-0.1, -0.05) is 0 Å². The van der Waals surface area contributed by atoms with Crippen LogP contribution in [0.2, 0.25) is 0 Å². The summed E-state index contributed by atoms with van der Waals surface area (Å²) in [5, 5.41) is 6.85. The van der Waals surface area contributed by atoms with Crippen molar-refractivity contribution in [2.45, 2.75) is 38.8 Å². The summed E-state index contributed by atoms with van der Waals surface area (Å²) in [5.41, 5.74) is 1.79. The Labute approximate surface area is 149 Å². The van der Waals surface area contributed by atoms with Gasteiger partial charge in [0.25, 0.3) is 5.91 Å². The zero-order chi connectivity index (χ0) is 17.8. The Morgan fingerprint density at radius 1 is 1.38 bits per heavy atom. The van der Waals surface area contributed by atoms with Crippen LogP contribution in [0.5, 0.6) is 0 Å². The van der Waals surface area contributed by atoms with Crippen molar-refractivity contribution in [2.24, 2.45) is 11.8 Å². The minimum atomic E-state index is -0.214. The smallest absolute Gasteiger partial charge is 0.343 e. The highest BCUT2D eigenvalue weighted by Gasteiger charge is 2.47. The lowest BCUT2D eigenvalue weighted by molar-refractivity contribution is 0.0695. The van der Waals surface area contributed by atoms with Crippen LogP contribution in [-0.4, -0.2) is 37.1 Å². The van der Waals surface area contributed by atoms with Crippen molar-refractivity contribution in [1.82, 2.24) is 24.6 Å². The standard InChI is InChI=1S/C18H21N5O3/c1-2-22-16(20-21-18(22)25)15-11(10-3-4-10)5-7-23(15)17(24)13-9-14-12(19-13)6-8-26-14/h6,8-11,15,19H,2-5,7H2,1H3,(H,21,25). The van der Waals surface area contributed by atoms with Crippen LogP contribution in [0.15, 0.2) is 27.6 Å². The molecule has 2 aliphatic rings. The van der Waals surface area contributed by atoms with Gasteiger partial charge < -0.3 is 14.3 Å². The Balaban J connectivity index is 1.54. The fourth-order valence-corrected chi connectivity index (χ4v) is 4.37. The number of furan rings is 1. The lowest BCUT2D eigenvalue weighted by atomic mass is 9.94. The number of carbonyl (C=O) groups excluding carboxylic acids is 1. The number of carbonyl (C=O) groups is 1. The van der Waals surface area contributed by atoms with Crippen LogP contribution < -0.4 is 5.69 Å². The molecule has 2 N–H and O–H groups in total. The van der Waals surface area contributed by atoms with Gasteiger partial charge in [-0.05, 0) is 38.0 Å². The molecule has 2 fully saturated rings. The number of H-pyrrole nitrogens is 2. The van der Waals surface area contributed by atoms with Gasteiger partial charge in [-0.15, -0.1) is 0 Å². The van der Waals surface area contributed by atoms with E-state index in [4.69, 9.17) is 4.42 Å². The molecule has 3 aromatic rings. The predicted octanol–water partition coefficient (Wildman–Crippen LogP) is 2.28. The van der Waals surface area contributed by atoms with Crippen LogP contribution in [0.4, 0.5) is 0 Å². The predicted molar refractivity (Wildman–Crippen MR) is 93.7 cm³/mol. The zero-order valence-electron chi connectivity index (χ0n) is 14.6. The van der Waals surface area contributed by atoms with E-state index in [0.717, 1.165) is 11.9 Å². The second-order valence-corrected chi connectivity index (χ2v) is 7.25. The molecule has 0 radical (unpaired) electrons. The van der Waals surface area contributed by atoms with Crippen molar-refractivity contribution in [3.63, 3.8) is 0 Å².